The molecule has 1 saturated heterocycles. The van der Waals surface area contributed by atoms with Gasteiger partial charge < -0.3 is 16.4 Å². The topological polar surface area (TPSA) is 55.3 Å². The van der Waals surface area contributed by atoms with Gasteiger partial charge in [-0.1, -0.05) is 6.92 Å². The summed E-state index contributed by atoms with van der Waals surface area (Å²) in [6, 6.07) is 0.363. The summed E-state index contributed by atoms with van der Waals surface area (Å²) in [6.07, 6.45) is 3.61. The first-order chi connectivity index (χ1) is 6.63. The van der Waals surface area contributed by atoms with E-state index in [1.807, 2.05) is 0 Å². The Morgan fingerprint density at radius 3 is 2.43 bits per heavy atom. The van der Waals surface area contributed by atoms with Gasteiger partial charge in [-0.2, -0.15) is 0 Å². The second-order valence-corrected chi connectivity index (χ2v) is 4.88. The third kappa shape index (κ3) is 3.56. The van der Waals surface area contributed by atoms with Gasteiger partial charge in [0.1, 0.15) is 0 Å². The van der Waals surface area contributed by atoms with Gasteiger partial charge in [-0.25, -0.2) is 0 Å². The fourth-order valence-electron chi connectivity index (χ4n) is 2.21. The van der Waals surface area contributed by atoms with Crippen molar-refractivity contribution in [3.05, 3.63) is 0 Å². The molecule has 0 amide bonds. The first-order valence-electron chi connectivity index (χ1n) is 5.77. The molecule has 1 fully saturated rings. The quantitative estimate of drug-likeness (QED) is 0.698. The third-order valence-corrected chi connectivity index (χ3v) is 3.45. The molecule has 2 unspecified atom stereocenters. The van der Waals surface area contributed by atoms with Crippen molar-refractivity contribution in [1.82, 2.24) is 4.90 Å². The minimum Gasteiger partial charge on any atom is -0.330 e. The molecule has 0 saturated carbocycles. The Kier molecular flexibility index (Phi) is 4.85. The van der Waals surface area contributed by atoms with Gasteiger partial charge in [-0.15, -0.1) is 0 Å². The van der Waals surface area contributed by atoms with E-state index >= 15 is 0 Å². The van der Waals surface area contributed by atoms with E-state index < -0.39 is 0 Å². The van der Waals surface area contributed by atoms with Crippen molar-refractivity contribution in [2.45, 2.75) is 32.2 Å². The van der Waals surface area contributed by atoms with Crippen LogP contribution in [0.15, 0.2) is 0 Å². The molecule has 0 aromatic carbocycles. The van der Waals surface area contributed by atoms with Crippen LogP contribution in [-0.4, -0.2) is 37.6 Å². The van der Waals surface area contributed by atoms with E-state index in [0.717, 1.165) is 18.9 Å². The van der Waals surface area contributed by atoms with Gasteiger partial charge in [0.25, 0.3) is 0 Å². The molecule has 1 heterocycles. The molecular weight excluding hydrogens is 174 g/mol. The van der Waals surface area contributed by atoms with Crippen molar-refractivity contribution in [3.63, 3.8) is 0 Å². The average molecular weight is 199 g/mol. The van der Waals surface area contributed by atoms with E-state index in [-0.39, 0.29) is 0 Å². The zero-order chi connectivity index (χ0) is 10.6. The second-order valence-electron chi connectivity index (χ2n) is 4.88. The van der Waals surface area contributed by atoms with E-state index in [4.69, 9.17) is 11.5 Å². The van der Waals surface area contributed by atoms with Gasteiger partial charge in [0, 0.05) is 6.04 Å². The Bertz CT molecular complexity index is 153. The molecule has 1 aliphatic heterocycles. The van der Waals surface area contributed by atoms with Crippen LogP contribution in [-0.2, 0) is 0 Å². The maximum atomic E-state index is 6.20. The summed E-state index contributed by atoms with van der Waals surface area (Å²) in [6.45, 7) is 5.36. The van der Waals surface area contributed by atoms with Gasteiger partial charge in [0.05, 0.1) is 0 Å². The summed E-state index contributed by atoms with van der Waals surface area (Å²) < 4.78 is 0. The molecule has 84 valence electrons. The lowest BCUT2D eigenvalue weighted by atomic mass is 9.85. The number of hydrogen-bond donors (Lipinski definition) is 2. The maximum Gasteiger partial charge on any atom is 0.00711 e. The summed E-state index contributed by atoms with van der Waals surface area (Å²) in [5.74, 6) is 1.30. The molecule has 4 N–H and O–H groups in total. The molecule has 3 heteroatoms. The Morgan fingerprint density at radius 2 is 1.93 bits per heavy atom. The SMILES string of the molecule is CC(CN)CC(N)C1CCN(C)CC1. The molecule has 14 heavy (non-hydrogen) atoms. The van der Waals surface area contributed by atoms with Crippen LogP contribution in [0.4, 0.5) is 0 Å². The van der Waals surface area contributed by atoms with Crippen LogP contribution in [0.25, 0.3) is 0 Å². The van der Waals surface area contributed by atoms with Crippen molar-refractivity contribution in [2.24, 2.45) is 23.3 Å². The molecule has 0 aromatic rings. The number of nitrogens with two attached hydrogens (primary N) is 2. The van der Waals surface area contributed by atoms with Gasteiger partial charge in [-0.05, 0) is 57.8 Å². The van der Waals surface area contributed by atoms with Crippen molar-refractivity contribution in [3.8, 4) is 0 Å². The van der Waals surface area contributed by atoms with Crippen LogP contribution in [0.3, 0.4) is 0 Å². The number of likely N-dealkylation sites (tertiary alicyclic amines) is 1. The fourth-order valence-corrected chi connectivity index (χ4v) is 2.21. The molecule has 2 atom stereocenters. The summed E-state index contributed by atoms with van der Waals surface area (Å²) in [5.41, 5.74) is 11.8. The first-order valence-corrected chi connectivity index (χ1v) is 5.77. The van der Waals surface area contributed by atoms with Gasteiger partial charge >= 0.3 is 0 Å². The summed E-state index contributed by atoms with van der Waals surface area (Å²) in [7, 11) is 2.18. The summed E-state index contributed by atoms with van der Waals surface area (Å²) in [5, 5.41) is 0. The predicted molar refractivity (Wildman–Crippen MR) is 61.0 cm³/mol. The lowest BCUT2D eigenvalue weighted by molar-refractivity contribution is 0.189. The lowest BCUT2D eigenvalue weighted by Crippen LogP contribution is -2.40. The van der Waals surface area contributed by atoms with E-state index in [1.54, 1.807) is 0 Å². The fraction of sp³-hybridized carbons (Fsp3) is 1.00. The highest BCUT2D eigenvalue weighted by Gasteiger charge is 2.23. The maximum absolute atomic E-state index is 6.20. The minimum absolute atomic E-state index is 0.363. The average Bonchev–Trinajstić information content (AvgIpc) is 2.18. The van der Waals surface area contributed by atoms with E-state index in [9.17, 15) is 0 Å². The molecule has 1 rings (SSSR count). The van der Waals surface area contributed by atoms with Crippen molar-refractivity contribution >= 4 is 0 Å². The molecule has 0 radical (unpaired) electrons. The molecule has 0 aromatic heterocycles. The van der Waals surface area contributed by atoms with E-state index in [1.165, 1.54) is 25.9 Å². The van der Waals surface area contributed by atoms with E-state index in [2.05, 4.69) is 18.9 Å². The van der Waals surface area contributed by atoms with Crippen molar-refractivity contribution < 1.29 is 0 Å². The normalized spacial score (nSPS) is 24.9. The Labute approximate surface area is 87.8 Å². The molecule has 0 bridgehead atoms. The Morgan fingerprint density at radius 1 is 1.36 bits per heavy atom. The van der Waals surface area contributed by atoms with Crippen LogP contribution >= 0.6 is 0 Å². The molecule has 0 aliphatic carbocycles. The molecule has 3 nitrogen and oxygen atoms in total. The van der Waals surface area contributed by atoms with Crippen LogP contribution in [0, 0.1) is 11.8 Å². The number of rotatable bonds is 4. The van der Waals surface area contributed by atoms with Crippen LogP contribution < -0.4 is 11.5 Å². The molecule has 1 aliphatic rings. The largest absolute Gasteiger partial charge is 0.330 e. The number of nitrogens with zero attached hydrogens (tertiary/aromatic N) is 1. The van der Waals surface area contributed by atoms with Crippen molar-refractivity contribution in [1.29, 1.82) is 0 Å². The van der Waals surface area contributed by atoms with Crippen LogP contribution in [0.5, 0.6) is 0 Å². The highest BCUT2D eigenvalue weighted by Crippen LogP contribution is 2.22. The predicted octanol–water partition coefficient (Wildman–Crippen LogP) is 0.640. The number of piperidine rings is 1. The zero-order valence-corrected chi connectivity index (χ0v) is 9.58. The number of hydrogen-bond acceptors (Lipinski definition) is 3. The van der Waals surface area contributed by atoms with Crippen molar-refractivity contribution in [2.75, 3.05) is 26.7 Å². The smallest absolute Gasteiger partial charge is 0.00711 e. The van der Waals surface area contributed by atoms with Crippen LogP contribution in [0.1, 0.15) is 26.2 Å². The Hall–Kier alpha value is -0.120. The van der Waals surface area contributed by atoms with Gasteiger partial charge in [0.2, 0.25) is 0 Å². The highest BCUT2D eigenvalue weighted by atomic mass is 15.1. The standard InChI is InChI=1S/C11H25N3/c1-9(8-12)7-11(13)10-3-5-14(2)6-4-10/h9-11H,3-8,12-13H2,1-2H3. The zero-order valence-electron chi connectivity index (χ0n) is 9.58. The molecular formula is C11H25N3. The third-order valence-electron chi connectivity index (χ3n) is 3.45. The summed E-state index contributed by atoms with van der Waals surface area (Å²) in [4.78, 5) is 2.38. The van der Waals surface area contributed by atoms with E-state index in [0.29, 0.717) is 12.0 Å². The van der Waals surface area contributed by atoms with Crippen LogP contribution in [0.2, 0.25) is 0 Å². The summed E-state index contributed by atoms with van der Waals surface area (Å²) >= 11 is 0. The monoisotopic (exact) mass is 199 g/mol. The van der Waals surface area contributed by atoms with Gasteiger partial charge in [0.15, 0.2) is 0 Å². The highest BCUT2D eigenvalue weighted by molar-refractivity contribution is 4.80. The second kappa shape index (κ2) is 5.69. The Balaban J connectivity index is 2.26. The molecule has 0 spiro atoms. The minimum atomic E-state index is 0.363. The lowest BCUT2D eigenvalue weighted by Gasteiger charge is -2.33. The first kappa shape index (κ1) is 12.0. The van der Waals surface area contributed by atoms with Gasteiger partial charge in [-0.3, -0.25) is 0 Å².